The monoisotopic (exact) mass is 337 g/mol. The number of carboxylic acid groups (broad SMARTS) is 1. The first-order chi connectivity index (χ1) is 10.6. The van der Waals surface area contributed by atoms with E-state index in [0.29, 0.717) is 22.7 Å². The van der Waals surface area contributed by atoms with Gasteiger partial charge < -0.3 is 10.4 Å². The molecule has 2 N–H and O–H groups in total. The maximum absolute atomic E-state index is 12.2. The fraction of sp³-hybridized carbons (Fsp3) is 0.250. The molecule has 22 heavy (non-hydrogen) atoms. The molecule has 0 aliphatic rings. The van der Waals surface area contributed by atoms with Crippen LogP contribution < -0.4 is 5.32 Å². The van der Waals surface area contributed by atoms with Crippen molar-refractivity contribution in [2.45, 2.75) is 25.3 Å². The summed E-state index contributed by atoms with van der Waals surface area (Å²) in [5.41, 5.74) is 1.05. The number of benzene rings is 1. The molecule has 0 aliphatic heterocycles. The molecule has 0 fully saturated rings. The predicted molar refractivity (Wildman–Crippen MR) is 87.6 cm³/mol. The quantitative estimate of drug-likeness (QED) is 0.811. The smallest absolute Gasteiger partial charge is 0.303 e. The fourth-order valence-corrected chi connectivity index (χ4v) is 3.17. The molecule has 6 heteroatoms. The summed E-state index contributed by atoms with van der Waals surface area (Å²) in [6.45, 7) is 0. The number of carbonyl (C=O) groups excluding carboxylic acids is 1. The van der Waals surface area contributed by atoms with Crippen LogP contribution in [-0.4, -0.2) is 23.0 Å². The Hall–Kier alpha value is -1.85. The maximum atomic E-state index is 12.2. The molecule has 1 aromatic carbocycles. The van der Waals surface area contributed by atoms with Crippen molar-refractivity contribution >= 4 is 34.8 Å². The third-order valence-corrected chi connectivity index (χ3v) is 4.53. The third kappa shape index (κ3) is 4.86. The molecule has 0 aliphatic carbocycles. The summed E-state index contributed by atoms with van der Waals surface area (Å²) in [7, 11) is 0. The van der Waals surface area contributed by atoms with Gasteiger partial charge in [0, 0.05) is 12.5 Å². The Morgan fingerprint density at radius 2 is 1.95 bits per heavy atom. The third-order valence-electron chi connectivity index (χ3n) is 3.19. The number of aliphatic carboxylic acids is 1. The highest BCUT2D eigenvalue weighted by Crippen LogP contribution is 2.22. The van der Waals surface area contributed by atoms with Crippen LogP contribution in [0.15, 0.2) is 41.8 Å². The maximum Gasteiger partial charge on any atom is 0.303 e. The first kappa shape index (κ1) is 16.5. The molecule has 0 saturated carbocycles. The first-order valence-corrected chi connectivity index (χ1v) is 8.11. The fourth-order valence-electron chi connectivity index (χ4n) is 2.13. The lowest BCUT2D eigenvalue weighted by atomic mass is 10.0. The zero-order valence-corrected chi connectivity index (χ0v) is 13.4. The van der Waals surface area contributed by atoms with Crippen molar-refractivity contribution in [3.8, 4) is 0 Å². The first-order valence-electron chi connectivity index (χ1n) is 6.86. The number of rotatable bonds is 7. The average molecular weight is 338 g/mol. The van der Waals surface area contributed by atoms with Crippen LogP contribution in [0.2, 0.25) is 5.02 Å². The lowest BCUT2D eigenvalue weighted by Gasteiger charge is -2.18. The second kappa shape index (κ2) is 7.96. The van der Waals surface area contributed by atoms with Crippen molar-refractivity contribution in [3.05, 3.63) is 57.2 Å². The van der Waals surface area contributed by atoms with Gasteiger partial charge in [0.05, 0.1) is 5.02 Å². The lowest BCUT2D eigenvalue weighted by molar-refractivity contribution is -0.137. The van der Waals surface area contributed by atoms with E-state index in [1.165, 1.54) is 11.3 Å². The number of halogens is 1. The minimum Gasteiger partial charge on any atom is -0.481 e. The number of carboxylic acids is 1. The number of carbonyl (C=O) groups is 2. The minimum atomic E-state index is -0.874. The topological polar surface area (TPSA) is 66.4 Å². The Morgan fingerprint density at radius 1 is 1.23 bits per heavy atom. The summed E-state index contributed by atoms with van der Waals surface area (Å²) in [5.74, 6) is -1.13. The Kier molecular flexibility index (Phi) is 5.98. The van der Waals surface area contributed by atoms with Crippen molar-refractivity contribution in [2.24, 2.45) is 0 Å². The zero-order valence-electron chi connectivity index (χ0n) is 11.8. The van der Waals surface area contributed by atoms with E-state index in [9.17, 15) is 9.59 Å². The van der Waals surface area contributed by atoms with Gasteiger partial charge in [-0.1, -0.05) is 41.9 Å². The minimum absolute atomic E-state index is 0.00987. The van der Waals surface area contributed by atoms with Gasteiger partial charge in [-0.25, -0.2) is 0 Å². The van der Waals surface area contributed by atoms with Crippen LogP contribution in [0, 0.1) is 0 Å². The zero-order chi connectivity index (χ0) is 15.9. The van der Waals surface area contributed by atoms with Gasteiger partial charge in [-0.2, -0.15) is 0 Å². The van der Waals surface area contributed by atoms with Gasteiger partial charge in [-0.05, 0) is 29.9 Å². The van der Waals surface area contributed by atoms with Crippen molar-refractivity contribution in [1.82, 2.24) is 5.32 Å². The van der Waals surface area contributed by atoms with Crippen LogP contribution >= 0.6 is 22.9 Å². The van der Waals surface area contributed by atoms with Gasteiger partial charge in [0.25, 0.3) is 5.91 Å². The lowest BCUT2D eigenvalue weighted by Crippen LogP contribution is -2.36. The normalized spacial score (nSPS) is 11.9. The molecule has 1 amide bonds. The summed E-state index contributed by atoms with van der Waals surface area (Å²) in [5, 5.41) is 13.9. The van der Waals surface area contributed by atoms with Crippen LogP contribution in [0.4, 0.5) is 0 Å². The number of hydrogen-bond acceptors (Lipinski definition) is 3. The van der Waals surface area contributed by atoms with Crippen LogP contribution in [-0.2, 0) is 11.2 Å². The average Bonchev–Trinajstić information content (AvgIpc) is 2.92. The van der Waals surface area contributed by atoms with E-state index in [-0.39, 0.29) is 18.4 Å². The van der Waals surface area contributed by atoms with Crippen LogP contribution in [0.3, 0.4) is 0 Å². The van der Waals surface area contributed by atoms with Gasteiger partial charge in [-0.3, -0.25) is 9.59 Å². The second-order valence-corrected chi connectivity index (χ2v) is 6.21. The summed E-state index contributed by atoms with van der Waals surface area (Å²) >= 11 is 7.23. The molecule has 1 heterocycles. The number of nitrogens with one attached hydrogen (secondary N) is 1. The Balaban J connectivity index is 2.05. The van der Waals surface area contributed by atoms with Gasteiger partial charge in [0.2, 0.25) is 0 Å². The Morgan fingerprint density at radius 3 is 2.55 bits per heavy atom. The highest BCUT2D eigenvalue weighted by atomic mass is 35.5. The molecule has 0 bridgehead atoms. The van der Waals surface area contributed by atoms with Crippen molar-refractivity contribution in [2.75, 3.05) is 0 Å². The van der Waals surface area contributed by atoms with E-state index in [2.05, 4.69) is 5.32 Å². The molecule has 0 radical (unpaired) electrons. The van der Waals surface area contributed by atoms with E-state index in [4.69, 9.17) is 16.7 Å². The molecule has 116 valence electrons. The van der Waals surface area contributed by atoms with Gasteiger partial charge in [-0.15, -0.1) is 11.3 Å². The molecule has 1 atom stereocenters. The highest BCUT2D eigenvalue weighted by molar-refractivity contribution is 7.12. The summed E-state index contributed by atoms with van der Waals surface area (Å²) in [6, 6.07) is 11.1. The van der Waals surface area contributed by atoms with Crippen molar-refractivity contribution in [3.63, 3.8) is 0 Å². The van der Waals surface area contributed by atoms with Crippen LogP contribution in [0.25, 0.3) is 0 Å². The SMILES string of the molecule is O=C(O)CCC(Cc1ccccc1)NC(=O)c1sccc1Cl. The van der Waals surface area contributed by atoms with Crippen molar-refractivity contribution < 1.29 is 14.7 Å². The molecule has 4 nitrogen and oxygen atoms in total. The molecule has 2 aromatic rings. The predicted octanol–water partition coefficient (Wildman–Crippen LogP) is 3.61. The van der Waals surface area contributed by atoms with Crippen molar-refractivity contribution in [1.29, 1.82) is 0 Å². The molecule has 2 rings (SSSR count). The number of hydrogen-bond donors (Lipinski definition) is 2. The molecule has 0 saturated heterocycles. The Labute approximate surface area is 137 Å². The largest absolute Gasteiger partial charge is 0.481 e. The summed E-state index contributed by atoms with van der Waals surface area (Å²) in [4.78, 5) is 23.5. The highest BCUT2D eigenvalue weighted by Gasteiger charge is 2.18. The van der Waals surface area contributed by atoms with Crippen LogP contribution in [0.1, 0.15) is 28.1 Å². The number of amides is 1. The number of thiophene rings is 1. The van der Waals surface area contributed by atoms with E-state index in [0.717, 1.165) is 5.56 Å². The van der Waals surface area contributed by atoms with Crippen LogP contribution in [0.5, 0.6) is 0 Å². The van der Waals surface area contributed by atoms with E-state index in [1.807, 2.05) is 30.3 Å². The van der Waals surface area contributed by atoms with E-state index in [1.54, 1.807) is 11.4 Å². The molecule has 1 unspecified atom stereocenters. The van der Waals surface area contributed by atoms with Gasteiger partial charge in [0.15, 0.2) is 0 Å². The standard InChI is InChI=1S/C16H16ClNO3S/c17-13-8-9-22-15(13)16(21)18-12(6-7-14(19)20)10-11-4-2-1-3-5-11/h1-5,8-9,12H,6-7,10H2,(H,18,21)(H,19,20). The van der Waals surface area contributed by atoms with E-state index < -0.39 is 5.97 Å². The summed E-state index contributed by atoms with van der Waals surface area (Å²) in [6.07, 6.45) is 0.970. The molecule has 0 spiro atoms. The van der Waals surface area contributed by atoms with Gasteiger partial charge >= 0.3 is 5.97 Å². The molecule has 1 aromatic heterocycles. The van der Waals surface area contributed by atoms with Gasteiger partial charge in [0.1, 0.15) is 4.88 Å². The molecular weight excluding hydrogens is 322 g/mol. The molecular formula is C16H16ClNO3S. The summed E-state index contributed by atoms with van der Waals surface area (Å²) < 4.78 is 0. The van der Waals surface area contributed by atoms with E-state index >= 15 is 0 Å². The second-order valence-electron chi connectivity index (χ2n) is 4.89. The Bertz CT molecular complexity index is 642.